The van der Waals surface area contributed by atoms with E-state index in [-0.39, 0.29) is 0 Å². The third-order valence-corrected chi connectivity index (χ3v) is 13.7. The van der Waals surface area contributed by atoms with E-state index in [2.05, 4.69) is 107 Å². The summed E-state index contributed by atoms with van der Waals surface area (Å²) in [5.41, 5.74) is 7.89. The second kappa shape index (κ2) is 21.6. The van der Waals surface area contributed by atoms with E-state index in [1.54, 1.807) is 11.3 Å². The Morgan fingerprint density at radius 3 is 0.707 bits per heavy atom. The SMILES string of the molecule is c1ccc(Oc2ccc(N(c3ccc(Oc4ccccc4)cc3)c3ccc(-c4sc(-c5ccc(N(c6ccc(Oc7ccccc7)cc6)c6ccc(Oc7ccccc7)cc6)cc5)c5c4OCCO5)cc3)cc2)cc1. The molecule has 9 heteroatoms. The van der Waals surface area contributed by atoms with Gasteiger partial charge in [0.05, 0.1) is 9.75 Å². The molecule has 0 aliphatic carbocycles. The first-order valence-corrected chi connectivity index (χ1v) is 25.5. The van der Waals surface area contributed by atoms with Crippen LogP contribution in [0.4, 0.5) is 34.1 Å². The average molecular weight is 997 g/mol. The molecule has 0 fully saturated rings. The Hall–Kier alpha value is -9.70. The van der Waals surface area contributed by atoms with E-state index in [1.807, 2.05) is 170 Å². The van der Waals surface area contributed by atoms with Crippen LogP contribution in [0.15, 0.2) is 267 Å². The first-order valence-electron chi connectivity index (χ1n) is 24.7. The highest BCUT2D eigenvalue weighted by atomic mass is 32.1. The van der Waals surface area contributed by atoms with Crippen LogP contribution in [0.2, 0.25) is 0 Å². The lowest BCUT2D eigenvalue weighted by Gasteiger charge is -2.26. The lowest BCUT2D eigenvalue weighted by Crippen LogP contribution is -2.14. The van der Waals surface area contributed by atoms with Gasteiger partial charge in [-0.3, -0.25) is 0 Å². The van der Waals surface area contributed by atoms with Crippen molar-refractivity contribution in [3.63, 3.8) is 0 Å². The van der Waals surface area contributed by atoms with Gasteiger partial charge in [0.25, 0.3) is 0 Å². The fourth-order valence-electron chi connectivity index (χ4n) is 8.90. The molecule has 0 saturated carbocycles. The maximum Gasteiger partial charge on any atom is 0.180 e. The number of hydrogen-bond acceptors (Lipinski definition) is 9. The quantitative estimate of drug-likeness (QED) is 0.0949. The largest absolute Gasteiger partial charge is 0.485 e. The molecule has 0 atom stereocenters. The van der Waals surface area contributed by atoms with E-state index in [0.717, 1.165) is 113 Å². The molecule has 12 rings (SSSR count). The van der Waals surface area contributed by atoms with Crippen LogP contribution in [0.5, 0.6) is 57.5 Å². The molecule has 0 N–H and O–H groups in total. The molecule has 0 amide bonds. The minimum atomic E-state index is 0.467. The van der Waals surface area contributed by atoms with Crippen molar-refractivity contribution in [1.82, 2.24) is 0 Å². The molecule has 0 saturated heterocycles. The monoisotopic (exact) mass is 996 g/mol. The Morgan fingerprint density at radius 1 is 0.253 bits per heavy atom. The Morgan fingerprint density at radius 2 is 0.467 bits per heavy atom. The average Bonchev–Trinajstić information content (AvgIpc) is 3.86. The number of para-hydroxylation sites is 4. The van der Waals surface area contributed by atoms with Gasteiger partial charge in [-0.25, -0.2) is 0 Å². The third kappa shape index (κ3) is 10.6. The van der Waals surface area contributed by atoms with Gasteiger partial charge in [-0.2, -0.15) is 0 Å². The van der Waals surface area contributed by atoms with Crippen LogP contribution >= 0.6 is 11.3 Å². The summed E-state index contributed by atoms with van der Waals surface area (Å²) in [4.78, 5) is 6.46. The number of benzene rings is 10. The number of anilines is 6. The van der Waals surface area contributed by atoms with Gasteiger partial charge in [-0.1, -0.05) is 97.1 Å². The standard InChI is InChI=1S/C66H48N2O6S/c1-5-13-55(14-6-1)71-59-37-29-51(30-38-59)67(52-31-39-60(40-32-52)72-56-15-7-2-8-16-56)49-25-21-47(22-26-49)65-63-64(70-46-45-69-63)66(75-65)48-23-27-50(28-24-48)68(53-33-41-61(42-34-53)73-57-17-9-3-10-18-57)54-35-43-62(44-36-54)74-58-19-11-4-12-20-58/h1-44H,45-46H2. The van der Waals surface area contributed by atoms with Crippen LogP contribution in [0.25, 0.3) is 20.9 Å². The fraction of sp³-hybridized carbons (Fsp3) is 0.0303. The van der Waals surface area contributed by atoms with Crippen molar-refractivity contribution >= 4 is 45.5 Å². The van der Waals surface area contributed by atoms with Gasteiger partial charge in [-0.05, 0) is 181 Å². The predicted octanol–water partition coefficient (Wildman–Crippen LogP) is 19.0. The molecule has 75 heavy (non-hydrogen) atoms. The topological polar surface area (TPSA) is 61.9 Å². The molecule has 10 aromatic carbocycles. The van der Waals surface area contributed by atoms with Gasteiger partial charge >= 0.3 is 0 Å². The highest BCUT2D eigenvalue weighted by Crippen LogP contribution is 2.54. The molecule has 2 heterocycles. The summed E-state index contributed by atoms with van der Waals surface area (Å²) in [6.07, 6.45) is 0. The molecular formula is C66H48N2O6S. The first kappa shape index (κ1) is 46.4. The second-order valence-electron chi connectivity index (χ2n) is 17.5. The lowest BCUT2D eigenvalue weighted by atomic mass is 10.1. The summed E-state index contributed by atoms with van der Waals surface area (Å²) in [6.45, 7) is 0.933. The highest BCUT2D eigenvalue weighted by Gasteiger charge is 2.27. The Balaban J connectivity index is 0.842. The van der Waals surface area contributed by atoms with Gasteiger partial charge < -0.3 is 38.2 Å². The van der Waals surface area contributed by atoms with Crippen LogP contribution in [-0.4, -0.2) is 13.2 Å². The summed E-state index contributed by atoms with van der Waals surface area (Å²) < 4.78 is 37.5. The van der Waals surface area contributed by atoms with E-state index < -0.39 is 0 Å². The zero-order chi connectivity index (χ0) is 50.2. The zero-order valence-corrected chi connectivity index (χ0v) is 41.4. The molecular weight excluding hydrogens is 949 g/mol. The third-order valence-electron chi connectivity index (χ3n) is 12.5. The van der Waals surface area contributed by atoms with Gasteiger partial charge in [0.15, 0.2) is 11.5 Å². The predicted molar refractivity (Wildman–Crippen MR) is 302 cm³/mol. The van der Waals surface area contributed by atoms with Gasteiger partial charge in [0.2, 0.25) is 0 Å². The van der Waals surface area contributed by atoms with Gasteiger partial charge in [0.1, 0.15) is 59.2 Å². The lowest BCUT2D eigenvalue weighted by molar-refractivity contribution is 0.175. The summed E-state index contributed by atoms with van der Waals surface area (Å²) >= 11 is 1.67. The van der Waals surface area contributed by atoms with Crippen molar-refractivity contribution in [3.8, 4) is 78.4 Å². The molecule has 0 spiro atoms. The molecule has 11 aromatic rings. The molecule has 364 valence electrons. The highest BCUT2D eigenvalue weighted by molar-refractivity contribution is 7.19. The van der Waals surface area contributed by atoms with Crippen LogP contribution in [0.1, 0.15) is 0 Å². The summed E-state index contributed by atoms with van der Waals surface area (Å²) in [5, 5.41) is 0. The van der Waals surface area contributed by atoms with Crippen molar-refractivity contribution < 1.29 is 28.4 Å². The minimum absolute atomic E-state index is 0.467. The number of hydrogen-bond donors (Lipinski definition) is 0. The minimum Gasteiger partial charge on any atom is -0.485 e. The van der Waals surface area contributed by atoms with E-state index in [9.17, 15) is 0 Å². The number of thiophene rings is 1. The van der Waals surface area contributed by atoms with E-state index in [0.29, 0.717) is 13.2 Å². The number of rotatable bonds is 16. The molecule has 0 radical (unpaired) electrons. The fourth-order valence-corrected chi connectivity index (χ4v) is 10.1. The van der Waals surface area contributed by atoms with Crippen molar-refractivity contribution in [1.29, 1.82) is 0 Å². The molecule has 1 aromatic heterocycles. The Kier molecular flexibility index (Phi) is 13.3. The second-order valence-corrected chi connectivity index (χ2v) is 18.5. The van der Waals surface area contributed by atoms with Crippen LogP contribution < -0.4 is 38.2 Å². The number of ether oxygens (including phenoxy) is 6. The molecule has 1 aliphatic heterocycles. The van der Waals surface area contributed by atoms with Crippen molar-refractivity contribution in [2.24, 2.45) is 0 Å². The van der Waals surface area contributed by atoms with E-state index in [4.69, 9.17) is 28.4 Å². The van der Waals surface area contributed by atoms with Crippen molar-refractivity contribution in [2.75, 3.05) is 23.0 Å². The van der Waals surface area contributed by atoms with Crippen molar-refractivity contribution in [3.05, 3.63) is 267 Å². The maximum absolute atomic E-state index is 6.43. The summed E-state index contributed by atoms with van der Waals surface area (Å²) in [5.74, 6) is 7.64. The molecule has 8 nitrogen and oxygen atoms in total. The van der Waals surface area contributed by atoms with E-state index >= 15 is 0 Å². The van der Waals surface area contributed by atoms with Crippen LogP contribution in [0.3, 0.4) is 0 Å². The summed E-state index contributed by atoms with van der Waals surface area (Å²) in [7, 11) is 0. The Labute approximate surface area is 440 Å². The first-order chi connectivity index (χ1) is 37.1. The van der Waals surface area contributed by atoms with Crippen molar-refractivity contribution in [2.45, 2.75) is 0 Å². The van der Waals surface area contributed by atoms with Gasteiger partial charge in [0, 0.05) is 34.1 Å². The number of nitrogens with zero attached hydrogens (tertiary/aromatic N) is 2. The van der Waals surface area contributed by atoms with Crippen LogP contribution in [0, 0.1) is 0 Å². The maximum atomic E-state index is 6.43. The smallest absolute Gasteiger partial charge is 0.180 e. The summed E-state index contributed by atoms with van der Waals surface area (Å²) in [6, 6.07) is 89.1. The van der Waals surface area contributed by atoms with Gasteiger partial charge in [-0.15, -0.1) is 11.3 Å². The molecule has 1 aliphatic rings. The Bertz CT molecular complexity index is 3190. The molecule has 0 unspecified atom stereocenters. The van der Waals surface area contributed by atoms with E-state index in [1.165, 1.54) is 0 Å². The normalized spacial score (nSPS) is 11.6. The zero-order valence-electron chi connectivity index (χ0n) is 40.6. The molecule has 0 bridgehead atoms. The van der Waals surface area contributed by atoms with Crippen LogP contribution in [-0.2, 0) is 0 Å². The number of fused-ring (bicyclic) bond motifs is 1.